The fourth-order valence-electron chi connectivity index (χ4n) is 3.48. The molecule has 2 heterocycles. The molecule has 4 rings (SSSR count). The Labute approximate surface area is 145 Å². The first kappa shape index (κ1) is 15.7. The van der Waals surface area contributed by atoms with Crippen LogP contribution >= 0.6 is 11.3 Å². The van der Waals surface area contributed by atoms with E-state index in [9.17, 15) is 4.79 Å². The van der Waals surface area contributed by atoms with Gasteiger partial charge in [-0.05, 0) is 25.0 Å². The standard InChI is InChI=1S/C18H22N2O3S/c1-22-14-8-5-9-15-16(14)19-18(24-15)20-10-13(11-20)23-17(21)12-6-3-2-4-7-12/h5,8-9,12-13H,2-4,6-7,10-11H2,1H3. The quantitative estimate of drug-likeness (QED) is 0.792. The summed E-state index contributed by atoms with van der Waals surface area (Å²) in [5, 5.41) is 0.972. The average molecular weight is 346 g/mol. The Bertz CT molecular complexity index is 733. The normalized spacial score (nSPS) is 19.3. The van der Waals surface area contributed by atoms with Crippen LogP contribution in [-0.4, -0.2) is 37.3 Å². The Kier molecular flexibility index (Phi) is 4.31. The van der Waals surface area contributed by atoms with Gasteiger partial charge in [-0.1, -0.05) is 36.7 Å². The van der Waals surface area contributed by atoms with E-state index in [1.807, 2.05) is 12.1 Å². The van der Waals surface area contributed by atoms with Crippen molar-refractivity contribution in [2.45, 2.75) is 38.2 Å². The van der Waals surface area contributed by atoms with Gasteiger partial charge in [-0.2, -0.15) is 0 Å². The molecule has 0 N–H and O–H groups in total. The van der Waals surface area contributed by atoms with Gasteiger partial charge < -0.3 is 14.4 Å². The molecule has 0 unspecified atom stereocenters. The van der Waals surface area contributed by atoms with Crippen LogP contribution in [0.25, 0.3) is 10.2 Å². The smallest absolute Gasteiger partial charge is 0.309 e. The minimum Gasteiger partial charge on any atom is -0.494 e. The Morgan fingerprint density at radius 2 is 2.04 bits per heavy atom. The molecule has 0 spiro atoms. The predicted molar refractivity (Wildman–Crippen MR) is 94.8 cm³/mol. The van der Waals surface area contributed by atoms with Crippen LogP contribution in [0.4, 0.5) is 5.13 Å². The number of ether oxygens (including phenoxy) is 2. The van der Waals surface area contributed by atoms with Crippen LogP contribution in [0.1, 0.15) is 32.1 Å². The number of methoxy groups -OCH3 is 1. The van der Waals surface area contributed by atoms with Crippen molar-refractivity contribution in [3.05, 3.63) is 18.2 Å². The molecule has 0 bridgehead atoms. The van der Waals surface area contributed by atoms with Gasteiger partial charge in [0.2, 0.25) is 0 Å². The molecule has 0 radical (unpaired) electrons. The number of benzene rings is 1. The fraction of sp³-hybridized carbons (Fsp3) is 0.556. The van der Waals surface area contributed by atoms with Crippen LogP contribution in [0, 0.1) is 5.92 Å². The second-order valence-electron chi connectivity index (χ2n) is 6.60. The Morgan fingerprint density at radius 3 is 2.79 bits per heavy atom. The summed E-state index contributed by atoms with van der Waals surface area (Å²) >= 11 is 1.65. The summed E-state index contributed by atoms with van der Waals surface area (Å²) in [6, 6.07) is 5.96. The van der Waals surface area contributed by atoms with Crippen molar-refractivity contribution in [2.75, 3.05) is 25.1 Å². The molecule has 1 aliphatic carbocycles. The minimum absolute atomic E-state index is 0.00493. The van der Waals surface area contributed by atoms with Gasteiger partial charge in [-0.15, -0.1) is 0 Å². The summed E-state index contributed by atoms with van der Waals surface area (Å²) in [5.74, 6) is 0.931. The monoisotopic (exact) mass is 346 g/mol. The molecule has 1 aliphatic heterocycles. The number of aromatic nitrogens is 1. The number of rotatable bonds is 4. The van der Waals surface area contributed by atoms with Gasteiger partial charge in [0, 0.05) is 0 Å². The number of hydrogen-bond acceptors (Lipinski definition) is 6. The SMILES string of the molecule is COc1cccc2sc(N3CC(OC(=O)C4CCCCC4)C3)nc12. The predicted octanol–water partition coefficient (Wildman–Crippen LogP) is 3.62. The van der Waals surface area contributed by atoms with Crippen LogP contribution in [0.15, 0.2) is 18.2 Å². The molecule has 1 aromatic heterocycles. The van der Waals surface area contributed by atoms with Crippen LogP contribution in [-0.2, 0) is 9.53 Å². The van der Waals surface area contributed by atoms with Crippen LogP contribution in [0.3, 0.4) is 0 Å². The van der Waals surface area contributed by atoms with E-state index in [2.05, 4.69) is 16.0 Å². The van der Waals surface area contributed by atoms with Crippen LogP contribution < -0.4 is 9.64 Å². The summed E-state index contributed by atoms with van der Waals surface area (Å²) in [7, 11) is 1.66. The van der Waals surface area contributed by atoms with Gasteiger partial charge in [-0.3, -0.25) is 4.79 Å². The fourth-order valence-corrected chi connectivity index (χ4v) is 4.48. The Hall–Kier alpha value is -1.82. The van der Waals surface area contributed by atoms with Crippen molar-refractivity contribution in [1.29, 1.82) is 0 Å². The zero-order valence-electron chi connectivity index (χ0n) is 13.9. The van der Waals surface area contributed by atoms with E-state index < -0.39 is 0 Å². The van der Waals surface area contributed by atoms with Gasteiger partial charge >= 0.3 is 5.97 Å². The third-order valence-electron chi connectivity index (χ3n) is 4.93. The Balaban J connectivity index is 1.36. The van der Waals surface area contributed by atoms with Crippen LogP contribution in [0.5, 0.6) is 5.75 Å². The number of para-hydroxylation sites is 1. The lowest BCUT2D eigenvalue weighted by Gasteiger charge is -2.39. The molecular weight excluding hydrogens is 324 g/mol. The molecule has 1 saturated carbocycles. The van der Waals surface area contributed by atoms with E-state index >= 15 is 0 Å². The molecule has 1 saturated heterocycles. The lowest BCUT2D eigenvalue weighted by atomic mass is 9.89. The van der Waals surface area contributed by atoms with E-state index in [4.69, 9.17) is 9.47 Å². The van der Waals surface area contributed by atoms with Gasteiger partial charge in [0.1, 0.15) is 17.4 Å². The zero-order valence-corrected chi connectivity index (χ0v) is 14.7. The summed E-state index contributed by atoms with van der Waals surface area (Å²) in [6.07, 6.45) is 5.56. The highest BCUT2D eigenvalue weighted by Gasteiger charge is 2.34. The van der Waals surface area contributed by atoms with Crippen molar-refractivity contribution >= 4 is 32.7 Å². The van der Waals surface area contributed by atoms with Crippen molar-refractivity contribution in [2.24, 2.45) is 5.92 Å². The topological polar surface area (TPSA) is 51.7 Å². The molecule has 6 heteroatoms. The lowest BCUT2D eigenvalue weighted by Crippen LogP contribution is -2.53. The van der Waals surface area contributed by atoms with Gasteiger partial charge in [0.15, 0.2) is 5.13 Å². The van der Waals surface area contributed by atoms with E-state index in [1.165, 1.54) is 6.42 Å². The van der Waals surface area contributed by atoms with Crippen molar-refractivity contribution in [3.63, 3.8) is 0 Å². The van der Waals surface area contributed by atoms with Gasteiger partial charge in [0.25, 0.3) is 0 Å². The number of thiazole rings is 1. The van der Waals surface area contributed by atoms with E-state index in [0.717, 1.165) is 59.9 Å². The highest BCUT2D eigenvalue weighted by molar-refractivity contribution is 7.22. The maximum atomic E-state index is 12.2. The maximum Gasteiger partial charge on any atom is 0.309 e. The van der Waals surface area contributed by atoms with Crippen molar-refractivity contribution < 1.29 is 14.3 Å². The molecule has 5 nitrogen and oxygen atoms in total. The molecule has 0 amide bonds. The molecule has 2 aliphatic rings. The summed E-state index contributed by atoms with van der Waals surface area (Å²) in [5.41, 5.74) is 0.905. The second-order valence-corrected chi connectivity index (χ2v) is 7.61. The van der Waals surface area contributed by atoms with E-state index in [-0.39, 0.29) is 18.0 Å². The average Bonchev–Trinajstić information content (AvgIpc) is 3.01. The van der Waals surface area contributed by atoms with Crippen molar-refractivity contribution in [1.82, 2.24) is 4.98 Å². The largest absolute Gasteiger partial charge is 0.494 e. The first-order valence-electron chi connectivity index (χ1n) is 8.63. The third kappa shape index (κ3) is 2.95. The highest BCUT2D eigenvalue weighted by atomic mass is 32.1. The molecule has 24 heavy (non-hydrogen) atoms. The molecule has 128 valence electrons. The molecule has 0 atom stereocenters. The number of fused-ring (bicyclic) bond motifs is 1. The number of anilines is 1. The molecular formula is C18H22N2O3S. The third-order valence-corrected chi connectivity index (χ3v) is 6.01. The number of nitrogens with zero attached hydrogens (tertiary/aromatic N) is 2. The first-order chi connectivity index (χ1) is 11.7. The highest BCUT2D eigenvalue weighted by Crippen LogP contribution is 2.36. The molecule has 1 aromatic carbocycles. The van der Waals surface area contributed by atoms with Gasteiger partial charge in [0.05, 0.1) is 30.8 Å². The van der Waals surface area contributed by atoms with E-state index in [0.29, 0.717) is 0 Å². The number of esters is 1. The number of hydrogen-bond donors (Lipinski definition) is 0. The minimum atomic E-state index is 0.00493. The summed E-state index contributed by atoms with van der Waals surface area (Å²) in [6.45, 7) is 1.47. The van der Waals surface area contributed by atoms with Crippen molar-refractivity contribution in [3.8, 4) is 5.75 Å². The Morgan fingerprint density at radius 1 is 1.25 bits per heavy atom. The zero-order chi connectivity index (χ0) is 16.5. The van der Waals surface area contributed by atoms with Crippen LogP contribution in [0.2, 0.25) is 0 Å². The number of carbonyl (C=O) groups is 1. The van der Waals surface area contributed by atoms with E-state index in [1.54, 1.807) is 18.4 Å². The summed E-state index contributed by atoms with van der Waals surface area (Å²) < 4.78 is 12.2. The maximum absolute atomic E-state index is 12.2. The number of carbonyl (C=O) groups excluding carboxylic acids is 1. The molecule has 2 fully saturated rings. The van der Waals surface area contributed by atoms with Gasteiger partial charge in [-0.25, -0.2) is 4.98 Å². The first-order valence-corrected chi connectivity index (χ1v) is 9.45. The molecule has 2 aromatic rings. The second kappa shape index (κ2) is 6.59. The summed E-state index contributed by atoms with van der Waals surface area (Å²) in [4.78, 5) is 19.1. The lowest BCUT2D eigenvalue weighted by molar-refractivity contribution is -0.156.